The van der Waals surface area contributed by atoms with Crippen LogP contribution >= 0.6 is 11.8 Å². The molecule has 0 fully saturated rings. The zero-order valence-electron chi connectivity index (χ0n) is 7.51. The van der Waals surface area contributed by atoms with Crippen molar-refractivity contribution in [2.24, 2.45) is 0 Å². The van der Waals surface area contributed by atoms with Gasteiger partial charge in [0.15, 0.2) is 0 Å². The maximum Gasteiger partial charge on any atom is -0.0142 e. The minimum Gasteiger partial charge on any atom is -0.138 e. The number of hydrogen-bond donors (Lipinski definition) is 0. The molecule has 0 spiro atoms. The Kier molecular flexibility index (Phi) is 10.2. The molecule has 0 rings (SSSR count). The Hall–Kier alpha value is 0.0900. The fourth-order valence-corrected chi connectivity index (χ4v) is 1.29. The average Bonchev–Trinajstić information content (AvgIpc) is 2.03. The molecule has 0 heterocycles. The van der Waals surface area contributed by atoms with E-state index in [1.54, 1.807) is 11.8 Å². The van der Waals surface area contributed by atoms with Gasteiger partial charge in [-0.15, -0.1) is 11.8 Å². The smallest absolute Gasteiger partial charge is 0.0142 e. The van der Waals surface area contributed by atoms with Gasteiger partial charge < -0.3 is 0 Å². The van der Waals surface area contributed by atoms with E-state index in [2.05, 4.69) is 24.7 Å². The fraction of sp³-hybridized carbons (Fsp3) is 0.700. The molecule has 0 atom stereocenters. The molecule has 0 aromatic carbocycles. The number of unbranched alkanes of at least 4 members (excludes halogenated alkanes) is 5. The minimum absolute atomic E-state index is 1.10. The Balaban J connectivity index is 2.85. The first-order valence-corrected chi connectivity index (χ1v) is 5.67. The Morgan fingerprint density at radius 3 is 2.55 bits per heavy atom. The van der Waals surface area contributed by atoms with Crippen molar-refractivity contribution in [3.05, 3.63) is 18.4 Å². The summed E-state index contributed by atoms with van der Waals surface area (Å²) >= 11 is 1.78. The van der Waals surface area contributed by atoms with Crippen molar-refractivity contribution in [2.45, 2.75) is 38.5 Å². The SMILES string of the molecule is [CH2]CCCCCC/C=C/SC. The molecule has 0 saturated carbocycles. The maximum absolute atomic E-state index is 3.82. The number of allylic oxidation sites excluding steroid dienone is 1. The van der Waals surface area contributed by atoms with Gasteiger partial charge in [0.25, 0.3) is 0 Å². The van der Waals surface area contributed by atoms with Crippen LogP contribution in [0.2, 0.25) is 0 Å². The molecule has 0 N–H and O–H groups in total. The van der Waals surface area contributed by atoms with Crippen LogP contribution in [0.1, 0.15) is 38.5 Å². The van der Waals surface area contributed by atoms with Crippen molar-refractivity contribution in [1.29, 1.82) is 0 Å². The molecular formula is C10H19S. The molecule has 0 aromatic rings. The highest BCUT2D eigenvalue weighted by Gasteiger charge is 1.85. The lowest BCUT2D eigenvalue weighted by molar-refractivity contribution is 0.652. The molecule has 0 aliphatic carbocycles. The molecule has 0 amide bonds. The van der Waals surface area contributed by atoms with Gasteiger partial charge in [0, 0.05) is 0 Å². The van der Waals surface area contributed by atoms with Crippen LogP contribution in [0.15, 0.2) is 11.5 Å². The molecule has 0 aliphatic rings. The molecule has 0 bridgehead atoms. The molecule has 0 nitrogen and oxygen atoms in total. The van der Waals surface area contributed by atoms with Gasteiger partial charge >= 0.3 is 0 Å². The van der Waals surface area contributed by atoms with Crippen LogP contribution < -0.4 is 0 Å². The lowest BCUT2D eigenvalue weighted by Gasteiger charge is -1.95. The molecule has 65 valence electrons. The topological polar surface area (TPSA) is 0 Å². The largest absolute Gasteiger partial charge is 0.138 e. The first-order valence-electron chi connectivity index (χ1n) is 4.39. The third-order valence-corrected chi connectivity index (χ3v) is 2.07. The van der Waals surface area contributed by atoms with Crippen molar-refractivity contribution in [1.82, 2.24) is 0 Å². The zero-order valence-corrected chi connectivity index (χ0v) is 8.33. The standard InChI is InChI=1S/C10H19S/c1-3-4-5-6-7-8-9-10-11-2/h9-10H,1,3-8H2,2H3/b10-9+. The van der Waals surface area contributed by atoms with Crippen molar-refractivity contribution in [3.8, 4) is 0 Å². The van der Waals surface area contributed by atoms with Gasteiger partial charge in [-0.3, -0.25) is 0 Å². The third kappa shape index (κ3) is 10.1. The monoisotopic (exact) mass is 171 g/mol. The first kappa shape index (κ1) is 11.1. The lowest BCUT2D eigenvalue weighted by atomic mass is 10.1. The predicted octanol–water partition coefficient (Wildman–Crippen LogP) is 4.04. The minimum atomic E-state index is 1.10. The van der Waals surface area contributed by atoms with E-state index in [4.69, 9.17) is 0 Å². The Bertz CT molecular complexity index is 86.9. The average molecular weight is 171 g/mol. The van der Waals surface area contributed by atoms with Crippen LogP contribution in [0.25, 0.3) is 0 Å². The second-order valence-corrected chi connectivity index (χ2v) is 3.41. The van der Waals surface area contributed by atoms with E-state index >= 15 is 0 Å². The Morgan fingerprint density at radius 2 is 1.91 bits per heavy atom. The Labute approximate surface area is 75.5 Å². The van der Waals surface area contributed by atoms with Crippen molar-refractivity contribution < 1.29 is 0 Å². The number of rotatable bonds is 7. The van der Waals surface area contributed by atoms with Gasteiger partial charge in [-0.1, -0.05) is 38.7 Å². The van der Waals surface area contributed by atoms with Crippen LogP contribution in [0.5, 0.6) is 0 Å². The summed E-state index contributed by atoms with van der Waals surface area (Å²) in [6, 6.07) is 0. The molecule has 0 aromatic heterocycles. The van der Waals surface area contributed by atoms with Crippen LogP contribution in [-0.4, -0.2) is 6.26 Å². The van der Waals surface area contributed by atoms with E-state index in [1.807, 2.05) is 0 Å². The summed E-state index contributed by atoms with van der Waals surface area (Å²) in [5.41, 5.74) is 0. The summed E-state index contributed by atoms with van der Waals surface area (Å²) in [6.45, 7) is 3.82. The van der Waals surface area contributed by atoms with Crippen molar-refractivity contribution in [3.63, 3.8) is 0 Å². The van der Waals surface area contributed by atoms with E-state index in [1.165, 1.54) is 32.1 Å². The van der Waals surface area contributed by atoms with Gasteiger partial charge in [-0.25, -0.2) is 0 Å². The molecule has 11 heavy (non-hydrogen) atoms. The van der Waals surface area contributed by atoms with E-state index in [0.29, 0.717) is 0 Å². The van der Waals surface area contributed by atoms with E-state index in [-0.39, 0.29) is 0 Å². The van der Waals surface area contributed by atoms with Gasteiger partial charge in [-0.2, -0.15) is 0 Å². The quantitative estimate of drug-likeness (QED) is 0.521. The van der Waals surface area contributed by atoms with Gasteiger partial charge in [0.2, 0.25) is 0 Å². The first-order chi connectivity index (χ1) is 5.41. The lowest BCUT2D eigenvalue weighted by Crippen LogP contribution is -1.75. The third-order valence-electron chi connectivity index (χ3n) is 1.60. The summed E-state index contributed by atoms with van der Waals surface area (Å²) in [7, 11) is 0. The van der Waals surface area contributed by atoms with Crippen molar-refractivity contribution >= 4 is 11.8 Å². The Morgan fingerprint density at radius 1 is 1.18 bits per heavy atom. The molecule has 0 saturated heterocycles. The summed E-state index contributed by atoms with van der Waals surface area (Å²) in [5.74, 6) is 0. The van der Waals surface area contributed by atoms with Crippen LogP contribution in [-0.2, 0) is 0 Å². The normalized spacial score (nSPS) is 11.1. The maximum atomic E-state index is 3.82. The van der Waals surface area contributed by atoms with Crippen molar-refractivity contribution in [2.75, 3.05) is 6.26 Å². The highest BCUT2D eigenvalue weighted by Crippen LogP contribution is 2.06. The van der Waals surface area contributed by atoms with E-state index in [0.717, 1.165) is 6.42 Å². The van der Waals surface area contributed by atoms with Gasteiger partial charge in [0.05, 0.1) is 0 Å². The van der Waals surface area contributed by atoms with Gasteiger partial charge in [-0.05, 0) is 24.5 Å². The summed E-state index contributed by atoms with van der Waals surface area (Å²) in [4.78, 5) is 0. The van der Waals surface area contributed by atoms with Gasteiger partial charge in [0.1, 0.15) is 0 Å². The highest BCUT2D eigenvalue weighted by molar-refractivity contribution is 8.01. The van der Waals surface area contributed by atoms with E-state index in [9.17, 15) is 0 Å². The van der Waals surface area contributed by atoms with Crippen LogP contribution in [0, 0.1) is 6.92 Å². The second-order valence-electron chi connectivity index (χ2n) is 2.66. The molecule has 0 unspecified atom stereocenters. The molecule has 1 radical (unpaired) electrons. The van der Waals surface area contributed by atoms with Crippen LogP contribution in [0.3, 0.4) is 0 Å². The fourth-order valence-electron chi connectivity index (χ4n) is 0.957. The summed E-state index contributed by atoms with van der Waals surface area (Å²) in [5, 5.41) is 2.17. The summed E-state index contributed by atoms with van der Waals surface area (Å²) in [6.07, 6.45) is 12.1. The molecule has 0 aliphatic heterocycles. The highest BCUT2D eigenvalue weighted by atomic mass is 32.2. The number of hydrogen-bond acceptors (Lipinski definition) is 1. The summed E-state index contributed by atoms with van der Waals surface area (Å²) < 4.78 is 0. The molecule has 1 heteroatoms. The predicted molar refractivity (Wildman–Crippen MR) is 55.7 cm³/mol. The molecular weight excluding hydrogens is 152 g/mol. The number of thioether (sulfide) groups is 1. The second kappa shape index (κ2) is 10.1. The van der Waals surface area contributed by atoms with Crippen LogP contribution in [0.4, 0.5) is 0 Å². The van der Waals surface area contributed by atoms with E-state index < -0.39 is 0 Å². The zero-order chi connectivity index (χ0) is 8.36.